The molecule has 0 saturated carbocycles. The Labute approximate surface area is 69.9 Å². The van der Waals surface area contributed by atoms with Gasteiger partial charge in [-0.15, -0.1) is 0 Å². The van der Waals surface area contributed by atoms with E-state index in [0.29, 0.717) is 5.92 Å². The van der Waals surface area contributed by atoms with Crippen LogP contribution in [0.3, 0.4) is 0 Å². The van der Waals surface area contributed by atoms with Crippen LogP contribution in [0.1, 0.15) is 26.7 Å². The number of rotatable bonds is 0. The van der Waals surface area contributed by atoms with Gasteiger partial charge in [0, 0.05) is 6.54 Å². The van der Waals surface area contributed by atoms with Gasteiger partial charge in [0.15, 0.2) is 0 Å². The fourth-order valence-electron chi connectivity index (χ4n) is 1.41. The standard InChI is InChI=1S/C10H19N/c1-9-4-3-5-10(2)8-11-7-6-9/h3,5,9-11H,4,6-8H2,1-2H3/b5-3-. The Kier molecular flexibility index (Phi) is 3.64. The predicted octanol–water partition coefficient (Wildman–Crippen LogP) is 2.20. The average molecular weight is 153 g/mol. The molecule has 0 aromatic rings. The van der Waals surface area contributed by atoms with E-state index < -0.39 is 0 Å². The Morgan fingerprint density at radius 2 is 2.18 bits per heavy atom. The van der Waals surface area contributed by atoms with Crippen LogP contribution in [0.4, 0.5) is 0 Å². The van der Waals surface area contributed by atoms with E-state index in [1.807, 2.05) is 0 Å². The van der Waals surface area contributed by atoms with Crippen LogP contribution in [0.2, 0.25) is 0 Å². The quantitative estimate of drug-likeness (QED) is 0.526. The average Bonchev–Trinajstić information content (AvgIpc) is 2.04. The molecule has 64 valence electrons. The van der Waals surface area contributed by atoms with Gasteiger partial charge in [-0.3, -0.25) is 0 Å². The van der Waals surface area contributed by atoms with E-state index in [1.54, 1.807) is 0 Å². The smallest absolute Gasteiger partial charge is 0.00115 e. The molecule has 0 radical (unpaired) electrons. The summed E-state index contributed by atoms with van der Waals surface area (Å²) in [5, 5.41) is 3.46. The van der Waals surface area contributed by atoms with Crippen molar-refractivity contribution in [3.05, 3.63) is 12.2 Å². The largest absolute Gasteiger partial charge is 0.316 e. The van der Waals surface area contributed by atoms with Crippen molar-refractivity contribution >= 4 is 0 Å². The van der Waals surface area contributed by atoms with Gasteiger partial charge in [-0.2, -0.15) is 0 Å². The minimum Gasteiger partial charge on any atom is -0.316 e. The summed E-state index contributed by atoms with van der Waals surface area (Å²) in [5.74, 6) is 1.56. The zero-order chi connectivity index (χ0) is 8.10. The summed E-state index contributed by atoms with van der Waals surface area (Å²) in [7, 11) is 0. The van der Waals surface area contributed by atoms with Crippen molar-refractivity contribution in [1.82, 2.24) is 5.32 Å². The van der Waals surface area contributed by atoms with Crippen molar-refractivity contribution in [2.45, 2.75) is 26.7 Å². The molecule has 1 aliphatic rings. The maximum absolute atomic E-state index is 3.46. The van der Waals surface area contributed by atoms with E-state index >= 15 is 0 Å². The van der Waals surface area contributed by atoms with E-state index in [-0.39, 0.29) is 0 Å². The molecule has 1 nitrogen and oxygen atoms in total. The number of allylic oxidation sites excluding steroid dienone is 1. The Hall–Kier alpha value is -0.300. The lowest BCUT2D eigenvalue weighted by molar-refractivity contribution is 0.502. The fraction of sp³-hybridized carbons (Fsp3) is 0.800. The highest BCUT2D eigenvalue weighted by Gasteiger charge is 2.03. The molecule has 0 fully saturated rings. The van der Waals surface area contributed by atoms with Crippen molar-refractivity contribution in [2.24, 2.45) is 11.8 Å². The first kappa shape index (κ1) is 8.79. The normalized spacial score (nSPS) is 36.9. The number of hydrogen-bond donors (Lipinski definition) is 1. The molecule has 1 heteroatoms. The topological polar surface area (TPSA) is 12.0 Å². The molecule has 2 atom stereocenters. The predicted molar refractivity (Wildman–Crippen MR) is 49.6 cm³/mol. The molecular weight excluding hydrogens is 134 g/mol. The highest BCUT2D eigenvalue weighted by Crippen LogP contribution is 2.10. The van der Waals surface area contributed by atoms with Crippen LogP contribution in [0.25, 0.3) is 0 Å². The maximum Gasteiger partial charge on any atom is 0.00115 e. The third kappa shape index (κ3) is 3.57. The molecule has 0 aromatic heterocycles. The second-order valence-corrected chi connectivity index (χ2v) is 3.74. The van der Waals surface area contributed by atoms with Gasteiger partial charge in [-0.1, -0.05) is 26.0 Å². The van der Waals surface area contributed by atoms with Gasteiger partial charge in [-0.25, -0.2) is 0 Å². The van der Waals surface area contributed by atoms with E-state index in [4.69, 9.17) is 0 Å². The first-order chi connectivity index (χ1) is 5.29. The lowest BCUT2D eigenvalue weighted by atomic mass is 10.0. The second kappa shape index (κ2) is 4.55. The minimum absolute atomic E-state index is 0.709. The summed E-state index contributed by atoms with van der Waals surface area (Å²) >= 11 is 0. The zero-order valence-electron chi connectivity index (χ0n) is 7.64. The Bertz CT molecular complexity index is 129. The lowest BCUT2D eigenvalue weighted by Crippen LogP contribution is -2.21. The van der Waals surface area contributed by atoms with Gasteiger partial charge in [0.1, 0.15) is 0 Å². The zero-order valence-corrected chi connectivity index (χ0v) is 7.64. The van der Waals surface area contributed by atoms with E-state index in [0.717, 1.165) is 12.5 Å². The van der Waals surface area contributed by atoms with E-state index in [1.165, 1.54) is 19.4 Å². The van der Waals surface area contributed by atoms with Crippen molar-refractivity contribution in [2.75, 3.05) is 13.1 Å². The molecule has 1 N–H and O–H groups in total. The summed E-state index contributed by atoms with van der Waals surface area (Å²) in [6.07, 6.45) is 7.24. The van der Waals surface area contributed by atoms with Gasteiger partial charge in [0.25, 0.3) is 0 Å². The molecule has 0 amide bonds. The molecule has 0 spiro atoms. The van der Waals surface area contributed by atoms with Crippen LogP contribution in [-0.4, -0.2) is 13.1 Å². The fourth-order valence-corrected chi connectivity index (χ4v) is 1.41. The van der Waals surface area contributed by atoms with Crippen LogP contribution in [0, 0.1) is 11.8 Å². The summed E-state index contributed by atoms with van der Waals surface area (Å²) in [6, 6.07) is 0. The molecular formula is C10H19N. The third-order valence-corrected chi connectivity index (χ3v) is 2.28. The van der Waals surface area contributed by atoms with Crippen LogP contribution in [-0.2, 0) is 0 Å². The van der Waals surface area contributed by atoms with Gasteiger partial charge in [0.2, 0.25) is 0 Å². The first-order valence-electron chi connectivity index (χ1n) is 4.66. The van der Waals surface area contributed by atoms with Crippen LogP contribution < -0.4 is 5.32 Å². The Morgan fingerprint density at radius 1 is 1.36 bits per heavy atom. The molecule has 2 unspecified atom stereocenters. The van der Waals surface area contributed by atoms with Gasteiger partial charge < -0.3 is 5.32 Å². The molecule has 1 heterocycles. The first-order valence-corrected chi connectivity index (χ1v) is 4.66. The Morgan fingerprint density at radius 3 is 3.00 bits per heavy atom. The molecule has 0 aromatic carbocycles. The summed E-state index contributed by atoms with van der Waals surface area (Å²) < 4.78 is 0. The van der Waals surface area contributed by atoms with Gasteiger partial charge in [-0.05, 0) is 31.2 Å². The van der Waals surface area contributed by atoms with Crippen LogP contribution in [0.5, 0.6) is 0 Å². The molecule has 1 rings (SSSR count). The van der Waals surface area contributed by atoms with E-state index in [2.05, 4.69) is 31.3 Å². The highest BCUT2D eigenvalue weighted by atomic mass is 14.8. The molecule has 0 saturated heterocycles. The summed E-state index contributed by atoms with van der Waals surface area (Å²) in [5.41, 5.74) is 0. The highest BCUT2D eigenvalue weighted by molar-refractivity contribution is 4.89. The molecule has 11 heavy (non-hydrogen) atoms. The van der Waals surface area contributed by atoms with Crippen molar-refractivity contribution in [3.63, 3.8) is 0 Å². The van der Waals surface area contributed by atoms with Gasteiger partial charge >= 0.3 is 0 Å². The monoisotopic (exact) mass is 153 g/mol. The molecule has 0 aliphatic carbocycles. The number of hydrogen-bond acceptors (Lipinski definition) is 1. The summed E-state index contributed by atoms with van der Waals surface area (Å²) in [4.78, 5) is 0. The van der Waals surface area contributed by atoms with Crippen molar-refractivity contribution in [3.8, 4) is 0 Å². The van der Waals surface area contributed by atoms with Crippen LogP contribution in [0.15, 0.2) is 12.2 Å². The molecule has 1 aliphatic heterocycles. The van der Waals surface area contributed by atoms with Crippen molar-refractivity contribution < 1.29 is 0 Å². The van der Waals surface area contributed by atoms with Crippen LogP contribution >= 0.6 is 0 Å². The maximum atomic E-state index is 3.46. The van der Waals surface area contributed by atoms with Gasteiger partial charge in [0.05, 0.1) is 0 Å². The second-order valence-electron chi connectivity index (χ2n) is 3.74. The number of nitrogens with one attached hydrogen (secondary N) is 1. The third-order valence-electron chi connectivity index (χ3n) is 2.28. The summed E-state index contributed by atoms with van der Waals surface area (Å²) in [6.45, 7) is 6.91. The lowest BCUT2D eigenvalue weighted by Gasteiger charge is -2.08. The SMILES string of the molecule is CC1/C=C\CC(C)CCNC1. The molecule has 0 bridgehead atoms. The Balaban J connectivity index is 2.37. The minimum atomic E-state index is 0.709. The van der Waals surface area contributed by atoms with E-state index in [9.17, 15) is 0 Å². The van der Waals surface area contributed by atoms with Crippen molar-refractivity contribution in [1.29, 1.82) is 0 Å².